The van der Waals surface area contributed by atoms with Crippen molar-refractivity contribution < 1.29 is 62.1 Å². The van der Waals surface area contributed by atoms with Crippen LogP contribution in [0.3, 0.4) is 0 Å². The minimum Gasteiger partial charge on any atom is -0.444 e. The van der Waals surface area contributed by atoms with Gasteiger partial charge in [-0.05, 0) is 91.6 Å². The van der Waals surface area contributed by atoms with Crippen molar-refractivity contribution in [2.45, 2.75) is 148 Å². The lowest BCUT2D eigenvalue weighted by molar-refractivity contribution is -0.138. The number of rotatable bonds is 31. The molecule has 0 aliphatic carbocycles. The second-order valence-electron chi connectivity index (χ2n) is 22.7. The van der Waals surface area contributed by atoms with Crippen LogP contribution in [0.4, 0.5) is 9.59 Å². The Kier molecular flexibility index (Phi) is 28.2. The van der Waals surface area contributed by atoms with E-state index in [2.05, 4.69) is 58.6 Å². The average molecular weight is 1290 g/mol. The number of benzene rings is 5. The monoisotopic (exact) mass is 1290 g/mol. The molecule has 24 heteroatoms. The summed E-state index contributed by atoms with van der Waals surface area (Å²) in [7, 11) is 0. The van der Waals surface area contributed by atoms with Gasteiger partial charge in [0.25, 0.3) is 5.91 Å². The zero-order valence-electron chi connectivity index (χ0n) is 51.3. The zero-order valence-corrected chi connectivity index (χ0v) is 52.9. The number of carbonyl (C=O) groups is 9. The van der Waals surface area contributed by atoms with Crippen molar-refractivity contribution in [3.63, 3.8) is 0 Å². The van der Waals surface area contributed by atoms with Crippen LogP contribution in [0.15, 0.2) is 144 Å². The summed E-state index contributed by atoms with van der Waals surface area (Å²) in [6.07, 6.45) is -2.67. The molecule has 0 saturated heterocycles. The van der Waals surface area contributed by atoms with Crippen molar-refractivity contribution in [2.75, 3.05) is 6.54 Å². The molecule has 0 radical (unpaired) electrons. The van der Waals surface area contributed by atoms with Crippen LogP contribution in [0.25, 0.3) is 0 Å². The number of amides is 8. The molecule has 0 fully saturated rings. The van der Waals surface area contributed by atoms with E-state index >= 15 is 0 Å². The van der Waals surface area contributed by atoms with Crippen LogP contribution < -0.4 is 59.0 Å². The first kappa shape index (κ1) is 71.0. The molecule has 5 aromatic rings. The molecule has 0 bridgehead atoms. The highest BCUT2D eigenvalue weighted by Gasteiger charge is 2.38. The summed E-state index contributed by atoms with van der Waals surface area (Å²) in [4.78, 5) is 125. The SMILES string of the molecule is CC[C@H](C)[C@H](NC(=O)[C@H](CN)NC(=O)[C@@H](NC(=O)[C@H](Cc1ccccc1)NC(=O)OC(C)(C)C)C(C)C)C(=O)N[C@@H](Cc1ccccc1)C(=O)N[C@H](C(=O)N[C@@H](Cc1ccc(OC(=O)OCc2ccc(Br)cc2)cc1)C(=O)NN)[C@@H](C)OCc1ccccc1. The first-order valence-corrected chi connectivity index (χ1v) is 30.1. The Morgan fingerprint density at radius 3 is 1.39 bits per heavy atom. The molecule has 8 amide bonds. The van der Waals surface area contributed by atoms with E-state index < -0.39 is 126 Å². The minimum atomic E-state index is -1.51. The van der Waals surface area contributed by atoms with E-state index in [-0.39, 0.29) is 38.2 Å². The molecule has 5 rings (SSSR count). The number of hydrazine groups is 1. The Morgan fingerprint density at radius 2 is 0.899 bits per heavy atom. The van der Waals surface area contributed by atoms with Crippen LogP contribution in [0.5, 0.6) is 5.75 Å². The smallest absolute Gasteiger partial charge is 0.444 e. The van der Waals surface area contributed by atoms with Gasteiger partial charge < -0.3 is 61.9 Å². The maximum Gasteiger partial charge on any atom is 0.514 e. The molecule has 0 aliphatic rings. The maximum absolute atomic E-state index is 14.9. The fourth-order valence-electron chi connectivity index (χ4n) is 8.96. The summed E-state index contributed by atoms with van der Waals surface area (Å²) in [5.74, 6) is -0.914. The second kappa shape index (κ2) is 35.3. The Morgan fingerprint density at radius 1 is 0.483 bits per heavy atom. The van der Waals surface area contributed by atoms with Crippen LogP contribution in [0, 0.1) is 11.8 Å². The van der Waals surface area contributed by atoms with Gasteiger partial charge in [0.15, 0.2) is 0 Å². The van der Waals surface area contributed by atoms with Crippen molar-refractivity contribution in [3.8, 4) is 5.75 Å². The van der Waals surface area contributed by atoms with Crippen LogP contribution >= 0.6 is 15.9 Å². The number of ether oxygens (including phenoxy) is 4. The number of halogens is 1. The van der Waals surface area contributed by atoms with Crippen molar-refractivity contribution in [3.05, 3.63) is 172 Å². The summed E-state index contributed by atoms with van der Waals surface area (Å²) in [5.41, 5.74) is 10.7. The quantitative estimate of drug-likeness (QED) is 0.00891. The standard InChI is InChI=1S/C65H83BrN10O13/c1-9-40(4)54(74-58(79)52(36-67)71-60(81)53(39(2)3)73-57(78)50(34-43-21-15-11-16-22-43)72-63(84)89-65(6,7)8)61(82)69-49(33-42-19-13-10-14-20-42)56(77)75-55(41(5)86-37-45-23-17-12-18-24-45)62(83)70-51(59(80)76-68)35-44-27-31-48(32-28-44)88-64(85)87-38-46-25-29-47(66)30-26-46/h10-32,39-41,49-55H,9,33-38,67-68H2,1-8H3,(H,69,82)(H,70,83)(H,71,81)(H,72,84)(H,73,78)(H,74,79)(H,75,77)(H,76,80)/t40-,41+,49-,50-,51-,52-,53-,54-,55-/m0/s1. The number of alkyl carbamates (subject to hydrolysis) is 1. The summed E-state index contributed by atoms with van der Waals surface area (Å²) in [6.45, 7) is 13.0. The van der Waals surface area contributed by atoms with E-state index in [9.17, 15) is 43.2 Å². The van der Waals surface area contributed by atoms with Crippen molar-refractivity contribution in [2.24, 2.45) is 23.4 Å². The highest BCUT2D eigenvalue weighted by Crippen LogP contribution is 2.19. The normalized spacial score (nSPS) is 14.2. The zero-order chi connectivity index (χ0) is 65.2. The summed E-state index contributed by atoms with van der Waals surface area (Å²) < 4.78 is 23.1. The van der Waals surface area contributed by atoms with Crippen LogP contribution in [-0.4, -0.2) is 114 Å². The van der Waals surface area contributed by atoms with E-state index in [1.54, 1.807) is 140 Å². The molecule has 478 valence electrons. The molecular formula is C65H83BrN10O13. The third-order valence-corrected chi connectivity index (χ3v) is 14.7. The molecule has 5 aromatic carbocycles. The van der Waals surface area contributed by atoms with Gasteiger partial charge in [0.1, 0.15) is 60.3 Å². The van der Waals surface area contributed by atoms with Gasteiger partial charge in [-0.2, -0.15) is 0 Å². The maximum atomic E-state index is 14.9. The highest BCUT2D eigenvalue weighted by atomic mass is 79.9. The van der Waals surface area contributed by atoms with E-state index in [1.165, 1.54) is 12.1 Å². The van der Waals surface area contributed by atoms with Crippen LogP contribution in [0.2, 0.25) is 0 Å². The number of nitrogens with two attached hydrogens (primary N) is 2. The van der Waals surface area contributed by atoms with Crippen molar-refractivity contribution >= 4 is 69.5 Å². The van der Waals surface area contributed by atoms with Gasteiger partial charge in [-0.15, -0.1) is 0 Å². The predicted molar refractivity (Wildman–Crippen MR) is 337 cm³/mol. The van der Waals surface area contributed by atoms with E-state index in [0.717, 1.165) is 21.2 Å². The molecule has 0 heterocycles. The first-order valence-electron chi connectivity index (χ1n) is 29.3. The summed E-state index contributed by atoms with van der Waals surface area (Å²) in [5, 5.41) is 19.0. The minimum absolute atomic E-state index is 0.0145. The van der Waals surface area contributed by atoms with Gasteiger partial charge in [-0.25, -0.2) is 15.4 Å². The van der Waals surface area contributed by atoms with Gasteiger partial charge in [-0.1, -0.05) is 165 Å². The molecular weight excluding hydrogens is 1210 g/mol. The first-order chi connectivity index (χ1) is 42.4. The lowest BCUT2D eigenvalue weighted by atomic mass is 9.96. The predicted octanol–water partition coefficient (Wildman–Crippen LogP) is 5.25. The van der Waals surface area contributed by atoms with Gasteiger partial charge in [0, 0.05) is 30.3 Å². The summed E-state index contributed by atoms with van der Waals surface area (Å²) in [6, 6.07) is 30.7. The second-order valence-corrected chi connectivity index (χ2v) is 23.6. The van der Waals surface area contributed by atoms with Gasteiger partial charge in [0.05, 0.1) is 12.7 Å². The Bertz CT molecular complexity index is 3120. The number of hydrogen-bond acceptors (Lipinski definition) is 15. The highest BCUT2D eigenvalue weighted by molar-refractivity contribution is 9.10. The number of nitrogens with one attached hydrogen (secondary N) is 8. The lowest BCUT2D eigenvalue weighted by Gasteiger charge is -2.31. The van der Waals surface area contributed by atoms with Crippen LogP contribution in [-0.2, 0) is 80.2 Å². The molecule has 12 N–H and O–H groups in total. The van der Waals surface area contributed by atoms with Gasteiger partial charge >= 0.3 is 12.2 Å². The average Bonchev–Trinajstić information content (AvgIpc) is 3.18. The molecule has 0 saturated carbocycles. The Hall–Kier alpha value is -8.71. The van der Waals surface area contributed by atoms with Crippen molar-refractivity contribution in [1.82, 2.24) is 42.6 Å². The van der Waals surface area contributed by atoms with Gasteiger partial charge in [0.2, 0.25) is 35.4 Å². The molecule has 9 atom stereocenters. The fraction of sp³-hybridized carbons (Fsp3) is 0.400. The largest absolute Gasteiger partial charge is 0.514 e. The third-order valence-electron chi connectivity index (χ3n) is 14.1. The molecule has 89 heavy (non-hydrogen) atoms. The van der Waals surface area contributed by atoms with Crippen molar-refractivity contribution in [1.29, 1.82) is 0 Å². The number of hydrogen-bond donors (Lipinski definition) is 10. The van der Waals surface area contributed by atoms with E-state index in [1.807, 2.05) is 42.5 Å². The molecule has 0 unspecified atom stereocenters. The molecule has 23 nitrogen and oxygen atoms in total. The van der Waals surface area contributed by atoms with Crippen LogP contribution in [0.1, 0.15) is 89.6 Å². The molecule has 0 aromatic heterocycles. The fourth-order valence-corrected chi connectivity index (χ4v) is 9.23. The summed E-state index contributed by atoms with van der Waals surface area (Å²) >= 11 is 3.36. The Labute approximate surface area is 527 Å². The molecule has 0 spiro atoms. The Balaban J connectivity index is 1.34. The van der Waals surface area contributed by atoms with E-state index in [0.29, 0.717) is 17.5 Å². The van der Waals surface area contributed by atoms with Gasteiger partial charge in [-0.3, -0.25) is 39.0 Å². The third kappa shape index (κ3) is 24.1. The van der Waals surface area contributed by atoms with E-state index in [4.69, 9.17) is 30.5 Å². The topological polar surface area (TPSA) is 339 Å². The number of carbonyl (C=O) groups excluding carboxylic acids is 9. The lowest BCUT2D eigenvalue weighted by Crippen LogP contribution is -2.63. The molecule has 0 aliphatic heterocycles.